The summed E-state index contributed by atoms with van der Waals surface area (Å²) in [4.78, 5) is 24.3. The van der Waals surface area contributed by atoms with Gasteiger partial charge in [0.15, 0.2) is 0 Å². The van der Waals surface area contributed by atoms with E-state index in [-0.39, 0.29) is 11.3 Å². The second kappa shape index (κ2) is 8.50. The maximum absolute atomic E-state index is 13.1. The Morgan fingerprint density at radius 1 is 1.00 bits per heavy atom. The van der Waals surface area contributed by atoms with Crippen LogP contribution < -0.4 is 16.0 Å². The van der Waals surface area contributed by atoms with E-state index in [2.05, 4.69) is 10.6 Å². The van der Waals surface area contributed by atoms with Crippen LogP contribution in [0.1, 0.15) is 35.3 Å². The number of rotatable bonds is 5. The normalized spacial score (nSPS) is 11.7. The molecule has 0 aromatic heterocycles. The minimum atomic E-state index is -4.52. The van der Waals surface area contributed by atoms with Gasteiger partial charge in [-0.15, -0.1) is 0 Å². The fourth-order valence-electron chi connectivity index (χ4n) is 2.56. The van der Waals surface area contributed by atoms with Crippen molar-refractivity contribution in [3.8, 4) is 0 Å². The Morgan fingerprint density at radius 2 is 1.62 bits per heavy atom. The van der Waals surface area contributed by atoms with Gasteiger partial charge < -0.3 is 16.0 Å². The molecule has 0 fully saturated rings. The van der Waals surface area contributed by atoms with Crippen molar-refractivity contribution >= 4 is 17.6 Å². The van der Waals surface area contributed by atoms with Crippen molar-refractivity contribution in [2.45, 2.75) is 32.5 Å². The van der Waals surface area contributed by atoms with Crippen LogP contribution in [0.25, 0.3) is 0 Å². The number of halogens is 4. The van der Waals surface area contributed by atoms with E-state index >= 15 is 0 Å². The Morgan fingerprint density at radius 3 is 2.21 bits per heavy atom. The third-order valence-corrected chi connectivity index (χ3v) is 4.19. The summed E-state index contributed by atoms with van der Waals surface area (Å²) >= 11 is 0. The number of carbonyl (C=O) groups excluding carboxylic acids is 2. The summed E-state index contributed by atoms with van der Waals surface area (Å²) in [5, 5.41) is 7.11. The number of anilines is 1. The molecule has 156 valence electrons. The zero-order valence-corrected chi connectivity index (χ0v) is 16.1. The fourth-order valence-corrected chi connectivity index (χ4v) is 2.56. The second-order valence-corrected chi connectivity index (χ2v) is 7.04. The number of amides is 3. The van der Waals surface area contributed by atoms with Gasteiger partial charge in [0, 0.05) is 11.3 Å². The maximum atomic E-state index is 13.1. The number of hydrogen-bond donors (Lipinski definition) is 3. The van der Waals surface area contributed by atoms with Crippen molar-refractivity contribution in [3.63, 3.8) is 0 Å². The van der Waals surface area contributed by atoms with Gasteiger partial charge in [-0.2, -0.15) is 13.2 Å². The van der Waals surface area contributed by atoms with Crippen LogP contribution in [0.2, 0.25) is 0 Å². The number of carbonyl (C=O) groups is 2. The van der Waals surface area contributed by atoms with Crippen molar-refractivity contribution in [1.29, 1.82) is 0 Å². The number of alkyl halides is 3. The molecule has 0 unspecified atom stereocenters. The third kappa shape index (κ3) is 6.48. The Bertz CT molecular complexity index is 894. The van der Waals surface area contributed by atoms with Crippen molar-refractivity contribution < 1.29 is 27.2 Å². The summed E-state index contributed by atoms with van der Waals surface area (Å²) < 4.78 is 49.9. The van der Waals surface area contributed by atoms with E-state index < -0.39 is 36.0 Å². The molecule has 2 aromatic rings. The van der Waals surface area contributed by atoms with E-state index in [9.17, 15) is 27.2 Å². The summed E-state index contributed by atoms with van der Waals surface area (Å²) in [5.74, 6) is -1.30. The maximum Gasteiger partial charge on any atom is 0.405 e. The van der Waals surface area contributed by atoms with Crippen LogP contribution in [0.3, 0.4) is 0 Å². The van der Waals surface area contributed by atoms with Crippen LogP contribution in [0, 0.1) is 12.7 Å². The highest BCUT2D eigenvalue weighted by atomic mass is 19.4. The van der Waals surface area contributed by atoms with E-state index in [1.807, 2.05) is 0 Å². The molecular weight excluding hydrogens is 390 g/mol. The Labute approximate surface area is 165 Å². The van der Waals surface area contributed by atoms with Gasteiger partial charge in [-0.3, -0.25) is 4.79 Å². The van der Waals surface area contributed by atoms with E-state index in [4.69, 9.17) is 0 Å². The Kier molecular flexibility index (Phi) is 6.51. The highest BCUT2D eigenvalue weighted by Gasteiger charge is 2.28. The topological polar surface area (TPSA) is 70.2 Å². The third-order valence-electron chi connectivity index (χ3n) is 4.19. The summed E-state index contributed by atoms with van der Waals surface area (Å²) in [6.45, 7) is 3.69. The first-order valence-electron chi connectivity index (χ1n) is 8.68. The van der Waals surface area contributed by atoms with Crippen LogP contribution in [0.4, 0.5) is 28.0 Å². The van der Waals surface area contributed by atoms with Gasteiger partial charge >= 0.3 is 12.2 Å². The Hall–Kier alpha value is -3.10. The molecule has 3 N–H and O–H groups in total. The quantitative estimate of drug-likeness (QED) is 0.635. The number of urea groups is 1. The molecule has 3 amide bonds. The van der Waals surface area contributed by atoms with Crippen LogP contribution >= 0.6 is 0 Å². The summed E-state index contributed by atoms with van der Waals surface area (Å²) in [7, 11) is 0. The number of aryl methyl sites for hydroxylation is 1. The van der Waals surface area contributed by atoms with Crippen molar-refractivity contribution in [2.75, 3.05) is 11.9 Å². The average molecular weight is 411 g/mol. The van der Waals surface area contributed by atoms with Crippen molar-refractivity contribution in [3.05, 3.63) is 65.0 Å². The number of benzene rings is 2. The lowest BCUT2D eigenvalue weighted by molar-refractivity contribution is -0.123. The van der Waals surface area contributed by atoms with Gasteiger partial charge in [0.1, 0.15) is 12.4 Å². The molecule has 0 heterocycles. The zero-order valence-electron chi connectivity index (χ0n) is 16.1. The first-order valence-corrected chi connectivity index (χ1v) is 8.68. The highest BCUT2D eigenvalue weighted by Crippen LogP contribution is 2.22. The molecule has 0 radical (unpaired) electrons. The molecule has 0 aliphatic carbocycles. The molecule has 0 saturated carbocycles. The SMILES string of the molecule is Cc1ccc(C(=O)NCC(F)(F)F)cc1NC(=O)NC(C)(C)c1ccc(F)cc1. The molecule has 9 heteroatoms. The van der Waals surface area contributed by atoms with E-state index in [0.717, 1.165) is 0 Å². The molecular formula is C20H21F4N3O2. The van der Waals surface area contributed by atoms with Crippen LogP contribution in [-0.4, -0.2) is 24.7 Å². The van der Waals surface area contributed by atoms with Crippen molar-refractivity contribution in [1.82, 2.24) is 10.6 Å². The van der Waals surface area contributed by atoms with E-state index in [1.54, 1.807) is 38.2 Å². The lowest BCUT2D eigenvalue weighted by Gasteiger charge is -2.27. The minimum Gasteiger partial charge on any atom is -0.343 e. The van der Waals surface area contributed by atoms with Gasteiger partial charge in [-0.05, 0) is 56.2 Å². The molecule has 0 aliphatic rings. The van der Waals surface area contributed by atoms with Crippen molar-refractivity contribution in [2.24, 2.45) is 0 Å². The van der Waals surface area contributed by atoms with Crippen LogP contribution in [0.5, 0.6) is 0 Å². The first-order chi connectivity index (χ1) is 13.4. The lowest BCUT2D eigenvalue weighted by Crippen LogP contribution is -2.43. The zero-order chi connectivity index (χ0) is 21.8. The predicted molar refractivity (Wildman–Crippen MR) is 101 cm³/mol. The average Bonchev–Trinajstić information content (AvgIpc) is 2.60. The Balaban J connectivity index is 2.09. The van der Waals surface area contributed by atoms with Gasteiger partial charge in [0.2, 0.25) is 0 Å². The molecule has 2 rings (SSSR count). The van der Waals surface area contributed by atoms with Gasteiger partial charge in [0.05, 0.1) is 5.54 Å². The number of hydrogen-bond acceptors (Lipinski definition) is 2. The van der Waals surface area contributed by atoms with Gasteiger partial charge in [-0.1, -0.05) is 18.2 Å². The molecule has 0 spiro atoms. The first kappa shape index (κ1) is 22.2. The number of nitrogens with one attached hydrogen (secondary N) is 3. The van der Waals surface area contributed by atoms with E-state index in [1.165, 1.54) is 30.3 Å². The standard InChI is InChI=1S/C20H21F4N3O2/c1-12-4-5-13(17(28)25-11-20(22,23)24)10-16(12)26-18(29)27-19(2,3)14-6-8-15(21)9-7-14/h4-10H,11H2,1-3H3,(H,25,28)(H2,26,27,29). The summed E-state index contributed by atoms with van der Waals surface area (Å²) in [6.07, 6.45) is -4.52. The lowest BCUT2D eigenvalue weighted by atomic mass is 9.94. The van der Waals surface area contributed by atoms with Crippen LogP contribution in [0.15, 0.2) is 42.5 Å². The predicted octanol–water partition coefficient (Wildman–Crippen LogP) is 4.48. The van der Waals surface area contributed by atoms with Gasteiger partial charge in [-0.25, -0.2) is 9.18 Å². The largest absolute Gasteiger partial charge is 0.405 e. The molecule has 29 heavy (non-hydrogen) atoms. The molecule has 0 aliphatic heterocycles. The summed E-state index contributed by atoms with van der Waals surface area (Å²) in [5.41, 5.74) is 0.719. The molecule has 2 aromatic carbocycles. The molecule has 0 saturated heterocycles. The summed E-state index contributed by atoms with van der Waals surface area (Å²) in [6, 6.07) is 9.25. The minimum absolute atomic E-state index is 0.0204. The molecule has 0 bridgehead atoms. The highest BCUT2D eigenvalue weighted by molar-refractivity contribution is 5.97. The smallest absolute Gasteiger partial charge is 0.343 e. The molecule has 5 nitrogen and oxygen atoms in total. The molecule has 0 atom stereocenters. The van der Waals surface area contributed by atoms with E-state index in [0.29, 0.717) is 11.1 Å². The van der Waals surface area contributed by atoms with Crippen LogP contribution in [-0.2, 0) is 5.54 Å². The van der Waals surface area contributed by atoms with Gasteiger partial charge in [0.25, 0.3) is 5.91 Å². The fraction of sp³-hybridized carbons (Fsp3) is 0.300. The monoisotopic (exact) mass is 411 g/mol. The second-order valence-electron chi connectivity index (χ2n) is 7.04.